The number of hydrogen-bond donors (Lipinski definition) is 0. The third-order valence-electron chi connectivity index (χ3n) is 4.15. The maximum absolute atomic E-state index is 12.7. The molecule has 1 saturated heterocycles. The zero-order chi connectivity index (χ0) is 18.0. The van der Waals surface area contributed by atoms with Gasteiger partial charge in [0.1, 0.15) is 12.1 Å². The van der Waals surface area contributed by atoms with Gasteiger partial charge in [-0.1, -0.05) is 0 Å². The first-order valence-electron chi connectivity index (χ1n) is 8.47. The average molecular weight is 344 g/mol. The summed E-state index contributed by atoms with van der Waals surface area (Å²) in [5.74, 6) is 1.42. The van der Waals surface area contributed by atoms with Gasteiger partial charge in [-0.05, 0) is 20.8 Å². The minimum Gasteiger partial charge on any atom is -0.475 e. The molecule has 8 nitrogen and oxygen atoms in total. The molecule has 3 rings (SSSR count). The summed E-state index contributed by atoms with van der Waals surface area (Å²) < 4.78 is 7.28. The minimum atomic E-state index is 0.0202. The zero-order valence-corrected chi connectivity index (χ0v) is 15.1. The van der Waals surface area contributed by atoms with Gasteiger partial charge in [-0.3, -0.25) is 9.48 Å². The van der Waals surface area contributed by atoms with Gasteiger partial charge in [0.15, 0.2) is 0 Å². The number of ether oxygens (including phenoxy) is 1. The molecule has 1 atom stereocenters. The van der Waals surface area contributed by atoms with Crippen molar-refractivity contribution in [2.75, 3.05) is 24.5 Å². The summed E-state index contributed by atoms with van der Waals surface area (Å²) in [6.07, 6.45) is 4.95. The summed E-state index contributed by atoms with van der Waals surface area (Å²) in [4.78, 5) is 25.2. The van der Waals surface area contributed by atoms with E-state index in [9.17, 15) is 4.79 Å². The highest BCUT2D eigenvalue weighted by atomic mass is 16.5. The molecule has 0 aliphatic carbocycles. The molecule has 1 aliphatic heterocycles. The van der Waals surface area contributed by atoms with Crippen molar-refractivity contribution in [1.29, 1.82) is 0 Å². The number of rotatable bonds is 4. The zero-order valence-electron chi connectivity index (χ0n) is 15.1. The molecule has 0 N–H and O–H groups in total. The lowest BCUT2D eigenvalue weighted by Crippen LogP contribution is -2.54. The van der Waals surface area contributed by atoms with Crippen LogP contribution in [0.3, 0.4) is 0 Å². The monoisotopic (exact) mass is 344 g/mol. The lowest BCUT2D eigenvalue weighted by atomic mass is 10.1. The summed E-state index contributed by atoms with van der Waals surface area (Å²) in [5.41, 5.74) is 0.623. The fourth-order valence-electron chi connectivity index (χ4n) is 2.97. The Morgan fingerprint density at radius 2 is 2.12 bits per heavy atom. The maximum atomic E-state index is 12.7. The summed E-state index contributed by atoms with van der Waals surface area (Å²) >= 11 is 0. The van der Waals surface area contributed by atoms with Crippen LogP contribution in [-0.2, 0) is 7.05 Å². The van der Waals surface area contributed by atoms with Crippen LogP contribution in [-0.4, -0.2) is 62.3 Å². The molecule has 3 heterocycles. The molecular weight excluding hydrogens is 320 g/mol. The van der Waals surface area contributed by atoms with Crippen molar-refractivity contribution in [2.24, 2.45) is 7.05 Å². The van der Waals surface area contributed by atoms with E-state index in [-0.39, 0.29) is 18.1 Å². The molecule has 0 unspecified atom stereocenters. The quantitative estimate of drug-likeness (QED) is 0.833. The van der Waals surface area contributed by atoms with Gasteiger partial charge in [-0.2, -0.15) is 5.10 Å². The van der Waals surface area contributed by atoms with Crippen LogP contribution < -0.4 is 9.64 Å². The molecule has 0 aromatic carbocycles. The highest BCUT2D eigenvalue weighted by Gasteiger charge is 2.29. The Balaban J connectivity index is 1.68. The van der Waals surface area contributed by atoms with Crippen LogP contribution >= 0.6 is 0 Å². The van der Waals surface area contributed by atoms with Gasteiger partial charge in [-0.25, -0.2) is 9.97 Å². The van der Waals surface area contributed by atoms with Crippen LogP contribution in [0, 0.1) is 0 Å². The van der Waals surface area contributed by atoms with Crippen molar-refractivity contribution in [3.63, 3.8) is 0 Å². The van der Waals surface area contributed by atoms with Gasteiger partial charge in [-0.15, -0.1) is 0 Å². The van der Waals surface area contributed by atoms with E-state index in [4.69, 9.17) is 4.74 Å². The number of hydrogen-bond acceptors (Lipinski definition) is 6. The second kappa shape index (κ2) is 7.08. The van der Waals surface area contributed by atoms with Crippen molar-refractivity contribution in [2.45, 2.75) is 32.9 Å². The number of carbonyl (C=O) groups is 1. The molecule has 0 spiro atoms. The number of aromatic nitrogens is 4. The third kappa shape index (κ3) is 3.89. The molecule has 2 aromatic heterocycles. The topological polar surface area (TPSA) is 76.4 Å². The van der Waals surface area contributed by atoms with Gasteiger partial charge < -0.3 is 14.5 Å². The maximum Gasteiger partial charge on any atom is 0.257 e. The van der Waals surface area contributed by atoms with E-state index in [2.05, 4.69) is 20.0 Å². The van der Waals surface area contributed by atoms with E-state index < -0.39 is 0 Å². The molecule has 134 valence electrons. The van der Waals surface area contributed by atoms with Crippen LogP contribution in [0.5, 0.6) is 5.88 Å². The summed E-state index contributed by atoms with van der Waals surface area (Å²) in [6.45, 7) is 8.05. The predicted octanol–water partition coefficient (Wildman–Crippen LogP) is 1.35. The molecular formula is C17H24N6O2. The van der Waals surface area contributed by atoms with Crippen molar-refractivity contribution in [3.8, 4) is 5.88 Å². The number of piperazine rings is 1. The first kappa shape index (κ1) is 17.2. The molecule has 0 radical (unpaired) electrons. The SMILES string of the molecule is CC(C)Oc1cc(N2CCN(C(=O)c3cnn(C)c3)[C@@H](C)C2)ncn1. The van der Waals surface area contributed by atoms with Crippen molar-refractivity contribution >= 4 is 11.7 Å². The number of aryl methyl sites for hydroxylation is 1. The van der Waals surface area contributed by atoms with Gasteiger partial charge in [0, 0.05) is 45.0 Å². The van der Waals surface area contributed by atoms with Crippen molar-refractivity contribution in [3.05, 3.63) is 30.4 Å². The summed E-state index contributed by atoms with van der Waals surface area (Å²) in [5, 5.41) is 4.08. The van der Waals surface area contributed by atoms with Crippen molar-refractivity contribution in [1.82, 2.24) is 24.6 Å². The van der Waals surface area contributed by atoms with Crippen LogP contribution in [0.4, 0.5) is 5.82 Å². The molecule has 1 amide bonds. The van der Waals surface area contributed by atoms with Crippen LogP contribution in [0.25, 0.3) is 0 Å². The minimum absolute atomic E-state index is 0.0202. The highest BCUT2D eigenvalue weighted by Crippen LogP contribution is 2.21. The first-order chi connectivity index (χ1) is 11.9. The second-order valence-corrected chi connectivity index (χ2v) is 6.58. The van der Waals surface area contributed by atoms with Crippen LogP contribution in [0.1, 0.15) is 31.1 Å². The largest absolute Gasteiger partial charge is 0.475 e. The second-order valence-electron chi connectivity index (χ2n) is 6.58. The first-order valence-corrected chi connectivity index (χ1v) is 8.47. The average Bonchev–Trinajstić information content (AvgIpc) is 3.00. The predicted molar refractivity (Wildman–Crippen MR) is 93.7 cm³/mol. The van der Waals surface area contributed by atoms with E-state index in [1.807, 2.05) is 38.8 Å². The Kier molecular flexibility index (Phi) is 4.87. The smallest absolute Gasteiger partial charge is 0.257 e. The normalized spacial score (nSPS) is 17.9. The van der Waals surface area contributed by atoms with E-state index in [0.717, 1.165) is 5.82 Å². The summed E-state index contributed by atoms with van der Waals surface area (Å²) in [6, 6.07) is 1.93. The van der Waals surface area contributed by atoms with Gasteiger partial charge in [0.05, 0.1) is 17.9 Å². The van der Waals surface area contributed by atoms with Crippen LogP contribution in [0.2, 0.25) is 0 Å². The van der Waals surface area contributed by atoms with E-state index in [0.29, 0.717) is 31.1 Å². The fourth-order valence-corrected chi connectivity index (χ4v) is 2.97. The number of nitrogens with zero attached hydrogens (tertiary/aromatic N) is 6. The Bertz CT molecular complexity index is 744. The lowest BCUT2D eigenvalue weighted by molar-refractivity contribution is 0.0673. The van der Waals surface area contributed by atoms with E-state index in [1.54, 1.807) is 17.1 Å². The molecule has 1 aliphatic rings. The van der Waals surface area contributed by atoms with Gasteiger partial charge >= 0.3 is 0 Å². The molecule has 0 bridgehead atoms. The third-order valence-corrected chi connectivity index (χ3v) is 4.15. The summed E-state index contributed by atoms with van der Waals surface area (Å²) in [7, 11) is 1.81. The Morgan fingerprint density at radius 3 is 2.76 bits per heavy atom. The highest BCUT2D eigenvalue weighted by molar-refractivity contribution is 5.94. The molecule has 1 fully saturated rings. The number of carbonyl (C=O) groups excluding carboxylic acids is 1. The molecule has 2 aromatic rings. The van der Waals surface area contributed by atoms with Crippen LogP contribution in [0.15, 0.2) is 24.8 Å². The number of amides is 1. The van der Waals surface area contributed by atoms with Gasteiger partial charge in [0.25, 0.3) is 5.91 Å². The molecule has 25 heavy (non-hydrogen) atoms. The Labute approximate surface area is 147 Å². The van der Waals surface area contributed by atoms with Gasteiger partial charge in [0.2, 0.25) is 5.88 Å². The standard InChI is InChI=1S/C17H24N6O2/c1-12(2)25-16-7-15(18-11-19-16)22-5-6-23(13(3)9-22)17(24)14-8-20-21(4)10-14/h7-8,10-13H,5-6,9H2,1-4H3/t13-/m0/s1. The molecule has 8 heteroatoms. The number of anilines is 1. The molecule has 0 saturated carbocycles. The fraction of sp³-hybridized carbons (Fsp3) is 0.529. The van der Waals surface area contributed by atoms with Crippen molar-refractivity contribution < 1.29 is 9.53 Å². The lowest BCUT2D eigenvalue weighted by Gasteiger charge is -2.40. The van der Waals surface area contributed by atoms with E-state index >= 15 is 0 Å². The van der Waals surface area contributed by atoms with E-state index in [1.165, 1.54) is 6.33 Å². The Hall–Kier alpha value is -2.64. The Morgan fingerprint density at radius 1 is 1.32 bits per heavy atom.